The second-order valence-corrected chi connectivity index (χ2v) is 2.04. The molecule has 0 spiro atoms. The monoisotopic (exact) mass is 145 g/mol. The highest BCUT2D eigenvalue weighted by Gasteiger charge is 1.98. The fraction of sp³-hybridized carbons (Fsp3) is 0. The third kappa shape index (κ3) is 1.12. The number of aromatic nitrogens is 2. The minimum Gasteiger partial charge on any atom is -0.451 e. The lowest BCUT2D eigenvalue weighted by Gasteiger charge is -1.89. The molecule has 3 nitrogen and oxygen atoms in total. The van der Waals surface area contributed by atoms with Crippen molar-refractivity contribution in [3.8, 4) is 11.3 Å². The third-order valence-corrected chi connectivity index (χ3v) is 1.32. The van der Waals surface area contributed by atoms with Crippen molar-refractivity contribution in [2.24, 2.45) is 0 Å². The highest BCUT2D eigenvalue weighted by molar-refractivity contribution is 5.54. The van der Waals surface area contributed by atoms with Crippen LogP contribution < -0.4 is 0 Å². The molecule has 0 aromatic carbocycles. The summed E-state index contributed by atoms with van der Waals surface area (Å²) < 4.78 is 4.81. The molecule has 2 rings (SSSR count). The van der Waals surface area contributed by atoms with Gasteiger partial charge in [0.1, 0.15) is 12.0 Å². The quantitative estimate of drug-likeness (QED) is 0.610. The lowest BCUT2D eigenvalue weighted by atomic mass is 10.2. The van der Waals surface area contributed by atoms with E-state index in [0.29, 0.717) is 0 Å². The lowest BCUT2D eigenvalue weighted by Crippen LogP contribution is -1.77. The molecule has 0 N–H and O–H groups in total. The summed E-state index contributed by atoms with van der Waals surface area (Å²) in [4.78, 5) is 7.78. The number of oxazole rings is 1. The summed E-state index contributed by atoms with van der Waals surface area (Å²) >= 11 is 0. The Bertz CT molecular complexity index is 315. The molecular weight excluding hydrogens is 140 g/mol. The normalized spacial score (nSPS) is 9.82. The van der Waals surface area contributed by atoms with E-state index in [0.717, 1.165) is 11.3 Å². The Kier molecular flexibility index (Phi) is 1.41. The van der Waals surface area contributed by atoms with Crippen LogP contribution in [0.4, 0.5) is 0 Å². The summed E-state index contributed by atoms with van der Waals surface area (Å²) in [6.45, 7) is 0. The molecule has 2 aromatic rings. The van der Waals surface area contributed by atoms with Crippen molar-refractivity contribution >= 4 is 0 Å². The van der Waals surface area contributed by atoms with E-state index in [2.05, 4.69) is 16.2 Å². The van der Waals surface area contributed by atoms with Crippen LogP contribution >= 0.6 is 0 Å². The maximum atomic E-state index is 4.81. The molecule has 11 heavy (non-hydrogen) atoms. The Morgan fingerprint density at radius 3 is 3.09 bits per heavy atom. The van der Waals surface area contributed by atoms with E-state index in [1.807, 2.05) is 12.1 Å². The van der Waals surface area contributed by atoms with Gasteiger partial charge in [0, 0.05) is 11.8 Å². The van der Waals surface area contributed by atoms with E-state index < -0.39 is 0 Å². The Hall–Kier alpha value is -1.64. The van der Waals surface area contributed by atoms with Crippen molar-refractivity contribution in [2.45, 2.75) is 0 Å². The van der Waals surface area contributed by atoms with Crippen molar-refractivity contribution in [1.82, 2.24) is 9.97 Å². The summed E-state index contributed by atoms with van der Waals surface area (Å²) in [5.74, 6) is 0. The van der Waals surface area contributed by atoms with Crippen LogP contribution in [-0.4, -0.2) is 9.97 Å². The molecule has 0 unspecified atom stereocenters. The predicted molar refractivity (Wildman–Crippen MR) is 38.6 cm³/mol. The van der Waals surface area contributed by atoms with Crippen LogP contribution in [0.25, 0.3) is 11.3 Å². The van der Waals surface area contributed by atoms with Crippen molar-refractivity contribution in [3.63, 3.8) is 0 Å². The zero-order valence-electron chi connectivity index (χ0n) is 5.69. The SMILES string of the molecule is [c]1ncccc1-c1cocn1. The molecule has 0 fully saturated rings. The molecule has 0 saturated carbocycles. The first-order chi connectivity index (χ1) is 5.47. The average molecular weight is 145 g/mol. The topological polar surface area (TPSA) is 38.9 Å². The van der Waals surface area contributed by atoms with Gasteiger partial charge in [-0.05, 0) is 12.1 Å². The molecule has 3 heteroatoms. The summed E-state index contributed by atoms with van der Waals surface area (Å²) in [5, 5.41) is 0. The maximum absolute atomic E-state index is 4.81. The predicted octanol–water partition coefficient (Wildman–Crippen LogP) is 1.54. The Morgan fingerprint density at radius 1 is 1.45 bits per heavy atom. The lowest BCUT2D eigenvalue weighted by molar-refractivity contribution is 0.558. The highest BCUT2D eigenvalue weighted by atomic mass is 16.3. The van der Waals surface area contributed by atoms with Crippen LogP contribution in [0.2, 0.25) is 0 Å². The average Bonchev–Trinajstić information content (AvgIpc) is 2.58. The van der Waals surface area contributed by atoms with Crippen molar-refractivity contribution in [2.75, 3.05) is 0 Å². The zero-order chi connectivity index (χ0) is 7.52. The van der Waals surface area contributed by atoms with Gasteiger partial charge >= 0.3 is 0 Å². The summed E-state index contributed by atoms with van der Waals surface area (Å²) in [5.41, 5.74) is 1.61. The van der Waals surface area contributed by atoms with Gasteiger partial charge in [0.15, 0.2) is 6.39 Å². The van der Waals surface area contributed by atoms with Crippen LogP contribution in [-0.2, 0) is 0 Å². The number of rotatable bonds is 1. The molecule has 2 aromatic heterocycles. The van der Waals surface area contributed by atoms with Gasteiger partial charge in [-0.1, -0.05) is 0 Å². The van der Waals surface area contributed by atoms with Gasteiger partial charge in [0.2, 0.25) is 0 Å². The van der Waals surface area contributed by atoms with E-state index in [9.17, 15) is 0 Å². The number of nitrogens with zero attached hydrogens (tertiary/aromatic N) is 2. The summed E-state index contributed by atoms with van der Waals surface area (Å²) in [6, 6.07) is 3.71. The third-order valence-electron chi connectivity index (χ3n) is 1.32. The fourth-order valence-corrected chi connectivity index (χ4v) is 0.815. The van der Waals surface area contributed by atoms with E-state index in [1.54, 1.807) is 12.5 Å². The number of hydrogen-bond donors (Lipinski definition) is 0. The van der Waals surface area contributed by atoms with Gasteiger partial charge in [-0.25, -0.2) is 4.98 Å². The van der Waals surface area contributed by atoms with Gasteiger partial charge in [-0.15, -0.1) is 0 Å². The van der Waals surface area contributed by atoms with Crippen LogP contribution in [0.5, 0.6) is 0 Å². The molecule has 0 amide bonds. The maximum Gasteiger partial charge on any atom is 0.181 e. The second kappa shape index (κ2) is 2.54. The molecule has 0 atom stereocenters. The Morgan fingerprint density at radius 2 is 2.45 bits per heavy atom. The van der Waals surface area contributed by atoms with Gasteiger partial charge in [-0.3, -0.25) is 4.98 Å². The first kappa shape index (κ1) is 6.09. The molecular formula is C8H5N2O. The van der Waals surface area contributed by atoms with Gasteiger partial charge in [0.25, 0.3) is 0 Å². The van der Waals surface area contributed by atoms with Crippen molar-refractivity contribution < 1.29 is 4.42 Å². The summed E-state index contributed by atoms with van der Waals surface area (Å²) in [6.07, 6.45) is 7.42. The fourth-order valence-electron chi connectivity index (χ4n) is 0.815. The summed E-state index contributed by atoms with van der Waals surface area (Å²) in [7, 11) is 0. The van der Waals surface area contributed by atoms with Crippen molar-refractivity contribution in [3.05, 3.63) is 37.2 Å². The van der Waals surface area contributed by atoms with Gasteiger partial charge < -0.3 is 4.42 Å². The molecule has 0 bridgehead atoms. The minimum absolute atomic E-state index is 0.762. The van der Waals surface area contributed by atoms with Gasteiger partial charge in [0.05, 0.1) is 6.20 Å². The minimum atomic E-state index is 0.762. The molecule has 0 aliphatic heterocycles. The highest BCUT2D eigenvalue weighted by Crippen LogP contribution is 2.13. The largest absolute Gasteiger partial charge is 0.451 e. The first-order valence-electron chi connectivity index (χ1n) is 3.18. The van der Waals surface area contributed by atoms with Crippen molar-refractivity contribution in [1.29, 1.82) is 0 Å². The van der Waals surface area contributed by atoms with Crippen LogP contribution in [0.1, 0.15) is 0 Å². The molecule has 1 radical (unpaired) electrons. The Balaban J connectivity index is 2.46. The molecule has 53 valence electrons. The van der Waals surface area contributed by atoms with Crippen LogP contribution in [0.3, 0.4) is 0 Å². The Labute approximate surface area is 63.7 Å². The van der Waals surface area contributed by atoms with E-state index >= 15 is 0 Å². The van der Waals surface area contributed by atoms with E-state index in [4.69, 9.17) is 4.42 Å². The van der Waals surface area contributed by atoms with E-state index in [1.165, 1.54) is 6.39 Å². The second-order valence-electron chi connectivity index (χ2n) is 2.04. The zero-order valence-corrected chi connectivity index (χ0v) is 5.69. The number of hydrogen-bond acceptors (Lipinski definition) is 3. The number of pyridine rings is 1. The molecule has 0 aliphatic rings. The first-order valence-corrected chi connectivity index (χ1v) is 3.18. The van der Waals surface area contributed by atoms with Crippen LogP contribution in [0, 0.1) is 6.20 Å². The molecule has 2 heterocycles. The molecule has 0 aliphatic carbocycles. The van der Waals surface area contributed by atoms with Gasteiger partial charge in [-0.2, -0.15) is 0 Å². The smallest absolute Gasteiger partial charge is 0.181 e. The van der Waals surface area contributed by atoms with E-state index in [-0.39, 0.29) is 0 Å². The van der Waals surface area contributed by atoms with Crippen LogP contribution in [0.15, 0.2) is 35.4 Å². The standard InChI is InChI=1S/C8H5N2O/c1-2-7(4-9-3-1)8-5-11-6-10-8/h1-3,5-6H. The molecule has 0 saturated heterocycles.